The van der Waals surface area contributed by atoms with Gasteiger partial charge in [0.05, 0.1) is 0 Å². The molecule has 1 saturated heterocycles. The van der Waals surface area contributed by atoms with E-state index in [1.165, 1.54) is 76.8 Å². The monoisotopic (exact) mass is 500 g/mol. The highest BCUT2D eigenvalue weighted by molar-refractivity contribution is 5.85. The van der Waals surface area contributed by atoms with E-state index in [0.717, 1.165) is 24.3 Å². The molecule has 4 heteroatoms. The highest BCUT2D eigenvalue weighted by Gasteiger charge is 2.54. The number of rotatable bonds is 6. The quantitative estimate of drug-likeness (QED) is 0.420. The molecule has 1 aliphatic heterocycles. The van der Waals surface area contributed by atoms with E-state index in [-0.39, 0.29) is 24.8 Å². The second-order valence-electron chi connectivity index (χ2n) is 11.6. The summed E-state index contributed by atoms with van der Waals surface area (Å²) in [7, 11) is 0. The molecular weight excluding hydrogens is 459 g/mol. The highest BCUT2D eigenvalue weighted by Crippen LogP contribution is 2.65. The van der Waals surface area contributed by atoms with Gasteiger partial charge in [0.1, 0.15) is 0 Å². The van der Waals surface area contributed by atoms with Crippen LogP contribution in [0.5, 0.6) is 0 Å². The van der Waals surface area contributed by atoms with Crippen LogP contribution in [0.3, 0.4) is 0 Å². The minimum Gasteiger partial charge on any atom is -0.301 e. The predicted molar refractivity (Wildman–Crippen MR) is 147 cm³/mol. The third-order valence-corrected chi connectivity index (χ3v) is 9.46. The van der Waals surface area contributed by atoms with Gasteiger partial charge < -0.3 is 4.90 Å². The van der Waals surface area contributed by atoms with E-state index in [1.807, 2.05) is 0 Å². The first-order valence-corrected chi connectivity index (χ1v) is 13.3. The molecule has 0 spiro atoms. The zero-order valence-electron chi connectivity index (χ0n) is 20.7. The Morgan fingerprint density at radius 2 is 1.21 bits per heavy atom. The lowest BCUT2D eigenvalue weighted by atomic mass is 9.45. The van der Waals surface area contributed by atoms with E-state index in [1.54, 1.807) is 11.1 Å². The van der Waals surface area contributed by atoms with Crippen LogP contribution in [0.2, 0.25) is 0 Å². The fraction of sp³-hybridized carbons (Fsp3) is 0.600. The van der Waals surface area contributed by atoms with Gasteiger partial charge in [0.2, 0.25) is 0 Å². The molecule has 2 aromatic carbocycles. The van der Waals surface area contributed by atoms with Gasteiger partial charge in [-0.3, -0.25) is 4.90 Å². The number of benzene rings is 2. The Labute approximate surface area is 219 Å². The summed E-state index contributed by atoms with van der Waals surface area (Å²) in [5, 5.41) is 0. The molecule has 186 valence electrons. The number of hydrogen-bond acceptors (Lipinski definition) is 2. The van der Waals surface area contributed by atoms with E-state index in [9.17, 15) is 0 Å². The minimum absolute atomic E-state index is 0. The van der Waals surface area contributed by atoms with Crippen molar-refractivity contribution < 1.29 is 0 Å². The third kappa shape index (κ3) is 5.07. The maximum Gasteiger partial charge on any atom is 0.0234 e. The number of halogens is 2. The van der Waals surface area contributed by atoms with Crippen LogP contribution in [-0.4, -0.2) is 42.5 Å². The second kappa shape index (κ2) is 10.9. The molecule has 0 N–H and O–H groups in total. The van der Waals surface area contributed by atoms with Crippen molar-refractivity contribution >= 4 is 24.8 Å². The normalized spacial score (nSPS) is 31.5. The van der Waals surface area contributed by atoms with Gasteiger partial charge in [-0.05, 0) is 84.9 Å². The zero-order chi connectivity index (χ0) is 21.5. The first-order valence-electron chi connectivity index (χ1n) is 13.3. The van der Waals surface area contributed by atoms with Gasteiger partial charge in [0.25, 0.3) is 0 Å². The molecule has 2 nitrogen and oxygen atoms in total. The van der Waals surface area contributed by atoms with Crippen LogP contribution in [0.15, 0.2) is 54.6 Å². The van der Waals surface area contributed by atoms with Crippen molar-refractivity contribution in [2.24, 2.45) is 23.2 Å². The molecule has 1 unspecified atom stereocenters. The van der Waals surface area contributed by atoms with Crippen LogP contribution < -0.4 is 0 Å². The summed E-state index contributed by atoms with van der Waals surface area (Å²) >= 11 is 0. The largest absolute Gasteiger partial charge is 0.301 e. The van der Waals surface area contributed by atoms with Crippen molar-refractivity contribution in [1.82, 2.24) is 9.80 Å². The summed E-state index contributed by atoms with van der Waals surface area (Å²) < 4.78 is 0. The Morgan fingerprint density at radius 3 is 1.74 bits per heavy atom. The molecule has 4 bridgehead atoms. The zero-order valence-corrected chi connectivity index (χ0v) is 22.3. The van der Waals surface area contributed by atoms with Gasteiger partial charge in [0, 0.05) is 38.6 Å². The number of piperazine rings is 1. The lowest BCUT2D eigenvalue weighted by Crippen LogP contribution is -2.49. The first-order chi connectivity index (χ1) is 15.7. The Hall–Kier alpha value is -1.06. The SMILES string of the molecule is CCN1CCN(Cc2ccc(C(c3ccccc3)C34CC5CC(CC(C5)C3)C4)cc2)CC1.Cl.Cl. The van der Waals surface area contributed by atoms with Crippen molar-refractivity contribution in [3.63, 3.8) is 0 Å². The van der Waals surface area contributed by atoms with Crippen molar-refractivity contribution in [2.45, 2.75) is 57.9 Å². The molecular formula is C30H42Cl2N2. The third-order valence-electron chi connectivity index (χ3n) is 9.46. The summed E-state index contributed by atoms with van der Waals surface area (Å²) in [5.41, 5.74) is 5.10. The summed E-state index contributed by atoms with van der Waals surface area (Å²) in [4.78, 5) is 5.20. The highest BCUT2D eigenvalue weighted by atomic mass is 35.5. The Kier molecular flexibility index (Phi) is 8.35. The van der Waals surface area contributed by atoms with Crippen molar-refractivity contribution in [3.8, 4) is 0 Å². The Bertz CT molecular complexity index is 870. The molecule has 5 aliphatic rings. The van der Waals surface area contributed by atoms with Crippen LogP contribution in [0.1, 0.15) is 68.1 Å². The molecule has 7 rings (SSSR count). The number of likely N-dealkylation sites (N-methyl/N-ethyl adjacent to an activating group) is 1. The Morgan fingerprint density at radius 1 is 0.706 bits per heavy atom. The smallest absolute Gasteiger partial charge is 0.0234 e. The second-order valence-corrected chi connectivity index (χ2v) is 11.6. The number of hydrogen-bond donors (Lipinski definition) is 0. The van der Waals surface area contributed by atoms with Crippen LogP contribution in [-0.2, 0) is 6.54 Å². The molecule has 4 saturated carbocycles. The van der Waals surface area contributed by atoms with E-state index in [2.05, 4.69) is 71.3 Å². The summed E-state index contributed by atoms with van der Waals surface area (Å²) in [6.07, 6.45) is 8.94. The molecule has 1 heterocycles. The first kappa shape index (κ1) is 26.0. The van der Waals surface area contributed by atoms with Gasteiger partial charge >= 0.3 is 0 Å². The van der Waals surface area contributed by atoms with Gasteiger partial charge in [-0.25, -0.2) is 0 Å². The molecule has 5 fully saturated rings. The van der Waals surface area contributed by atoms with E-state index in [4.69, 9.17) is 0 Å². The fourth-order valence-corrected chi connectivity index (χ4v) is 8.41. The standard InChI is InChI=1S/C30H40N2.2ClH/c1-2-31-12-14-32(15-13-31)22-23-8-10-28(11-9-23)29(27-6-4-3-5-7-27)30-19-24-16-25(20-30)18-26(17-24)21-30;;/h3-11,24-26,29H,2,12-22H2,1H3;2*1H. The topological polar surface area (TPSA) is 6.48 Å². The van der Waals surface area contributed by atoms with E-state index < -0.39 is 0 Å². The maximum atomic E-state index is 2.63. The summed E-state index contributed by atoms with van der Waals surface area (Å²) in [5.74, 6) is 3.55. The summed E-state index contributed by atoms with van der Waals surface area (Å²) in [6, 6.07) is 21.4. The Balaban J connectivity index is 0.00000137. The average molecular weight is 502 g/mol. The van der Waals surface area contributed by atoms with Crippen LogP contribution in [0.4, 0.5) is 0 Å². The van der Waals surface area contributed by atoms with E-state index >= 15 is 0 Å². The van der Waals surface area contributed by atoms with Crippen LogP contribution in [0, 0.1) is 23.2 Å². The molecule has 34 heavy (non-hydrogen) atoms. The van der Waals surface area contributed by atoms with Gasteiger partial charge in [0.15, 0.2) is 0 Å². The maximum absolute atomic E-state index is 2.63. The van der Waals surface area contributed by atoms with E-state index in [0.29, 0.717) is 11.3 Å². The molecule has 0 amide bonds. The van der Waals surface area contributed by atoms with Crippen molar-refractivity contribution in [1.29, 1.82) is 0 Å². The predicted octanol–water partition coefficient (Wildman–Crippen LogP) is 7.02. The van der Waals surface area contributed by atoms with Crippen molar-refractivity contribution in [2.75, 3.05) is 32.7 Å². The lowest BCUT2D eigenvalue weighted by molar-refractivity contribution is -0.0618. The minimum atomic E-state index is 0. The van der Waals surface area contributed by atoms with Gasteiger partial charge in [-0.1, -0.05) is 61.5 Å². The van der Waals surface area contributed by atoms with Gasteiger partial charge in [-0.2, -0.15) is 0 Å². The molecule has 2 aromatic rings. The van der Waals surface area contributed by atoms with Crippen LogP contribution >= 0.6 is 24.8 Å². The molecule has 0 radical (unpaired) electrons. The summed E-state index contributed by atoms with van der Waals surface area (Å²) in [6.45, 7) is 9.42. The molecule has 1 atom stereocenters. The van der Waals surface area contributed by atoms with Gasteiger partial charge in [-0.15, -0.1) is 24.8 Å². The molecule has 4 aliphatic carbocycles. The fourth-order valence-electron chi connectivity index (χ4n) is 8.41. The van der Waals surface area contributed by atoms with Crippen LogP contribution in [0.25, 0.3) is 0 Å². The number of nitrogens with zero attached hydrogens (tertiary/aromatic N) is 2. The molecule has 0 aromatic heterocycles. The lowest BCUT2D eigenvalue weighted by Gasteiger charge is -2.60. The van der Waals surface area contributed by atoms with Crippen molar-refractivity contribution in [3.05, 3.63) is 71.3 Å². The average Bonchev–Trinajstić information content (AvgIpc) is 2.81.